The van der Waals surface area contributed by atoms with Gasteiger partial charge in [-0.1, -0.05) is 27.5 Å². The molecule has 18 heavy (non-hydrogen) atoms. The second-order valence-electron chi connectivity index (χ2n) is 3.56. The maximum atomic E-state index is 9.05. The average Bonchev–Trinajstić information content (AvgIpc) is 2.34. The summed E-state index contributed by atoms with van der Waals surface area (Å²) in [5.41, 5.74) is 2.15. The molecule has 0 heterocycles. The molecule has 0 bridgehead atoms. The lowest BCUT2D eigenvalue weighted by atomic mass is 10.2. The summed E-state index contributed by atoms with van der Waals surface area (Å²) in [6.45, 7) is 0. The van der Waals surface area contributed by atoms with E-state index in [0.717, 1.165) is 20.3 Å². The molecule has 1 N–H and O–H groups in total. The fourth-order valence-electron chi connectivity index (χ4n) is 1.45. The average molecular weight is 386 g/mol. The zero-order valence-electron chi connectivity index (χ0n) is 9.05. The lowest BCUT2D eigenvalue weighted by Crippen LogP contribution is -1.93. The molecule has 2 nitrogen and oxygen atoms in total. The molecule has 0 atom stereocenters. The maximum Gasteiger partial charge on any atom is 0.101 e. The number of nitrogens with zero attached hydrogens (tertiary/aromatic N) is 1. The van der Waals surface area contributed by atoms with Gasteiger partial charge in [0, 0.05) is 14.6 Å². The van der Waals surface area contributed by atoms with Crippen molar-refractivity contribution in [2.45, 2.75) is 0 Å². The van der Waals surface area contributed by atoms with Gasteiger partial charge in [0.2, 0.25) is 0 Å². The summed E-state index contributed by atoms with van der Waals surface area (Å²) in [5.74, 6) is 0. The van der Waals surface area contributed by atoms with E-state index >= 15 is 0 Å². The largest absolute Gasteiger partial charge is 0.354 e. The van der Waals surface area contributed by atoms with Gasteiger partial charge < -0.3 is 5.32 Å². The summed E-state index contributed by atoms with van der Waals surface area (Å²) in [4.78, 5) is 0. The highest BCUT2D eigenvalue weighted by Gasteiger charge is 2.04. The van der Waals surface area contributed by atoms with Crippen LogP contribution in [0.5, 0.6) is 0 Å². The van der Waals surface area contributed by atoms with E-state index in [1.807, 2.05) is 24.3 Å². The number of hydrogen-bond acceptors (Lipinski definition) is 2. The van der Waals surface area contributed by atoms with E-state index in [1.54, 1.807) is 12.1 Å². The van der Waals surface area contributed by atoms with E-state index in [2.05, 4.69) is 43.2 Å². The van der Waals surface area contributed by atoms with Crippen molar-refractivity contribution >= 4 is 54.8 Å². The van der Waals surface area contributed by atoms with E-state index in [0.29, 0.717) is 10.6 Å². The molecule has 0 radical (unpaired) electrons. The summed E-state index contributed by atoms with van der Waals surface area (Å²) in [5, 5.41) is 12.8. The first-order valence-electron chi connectivity index (χ1n) is 5.02. The van der Waals surface area contributed by atoms with E-state index in [9.17, 15) is 0 Å². The van der Waals surface area contributed by atoms with Crippen LogP contribution in [0.25, 0.3) is 0 Å². The van der Waals surface area contributed by atoms with Crippen LogP contribution in [0.2, 0.25) is 5.02 Å². The quantitative estimate of drug-likeness (QED) is 0.742. The molecule has 0 fully saturated rings. The van der Waals surface area contributed by atoms with Gasteiger partial charge in [-0.3, -0.25) is 0 Å². The fourth-order valence-corrected chi connectivity index (χ4v) is 2.24. The Bertz CT molecular complexity index is 635. The topological polar surface area (TPSA) is 35.8 Å². The summed E-state index contributed by atoms with van der Waals surface area (Å²) in [7, 11) is 0. The third-order valence-corrected chi connectivity index (χ3v) is 4.03. The highest BCUT2D eigenvalue weighted by atomic mass is 79.9. The van der Waals surface area contributed by atoms with Crippen LogP contribution in [0.15, 0.2) is 45.3 Å². The maximum absolute atomic E-state index is 9.05. The molecule has 0 aliphatic heterocycles. The predicted molar refractivity (Wildman–Crippen MR) is 81.3 cm³/mol. The fraction of sp³-hybridized carbons (Fsp3) is 0. The minimum atomic E-state index is 0.581. The molecule has 0 aliphatic rings. The lowest BCUT2D eigenvalue weighted by molar-refractivity contribution is 1.45. The van der Waals surface area contributed by atoms with Gasteiger partial charge in [0.15, 0.2) is 0 Å². The van der Waals surface area contributed by atoms with Crippen molar-refractivity contribution < 1.29 is 0 Å². The number of benzene rings is 2. The van der Waals surface area contributed by atoms with Gasteiger partial charge in [0.25, 0.3) is 0 Å². The van der Waals surface area contributed by atoms with Crippen molar-refractivity contribution in [3.63, 3.8) is 0 Å². The SMILES string of the molecule is N#Cc1ccc(Br)cc1Nc1ccc(Br)c(Cl)c1. The number of nitriles is 1. The Morgan fingerprint density at radius 3 is 2.56 bits per heavy atom. The van der Waals surface area contributed by atoms with E-state index < -0.39 is 0 Å². The zero-order valence-corrected chi connectivity index (χ0v) is 13.0. The Balaban J connectivity index is 2.36. The van der Waals surface area contributed by atoms with Crippen molar-refractivity contribution in [3.05, 3.63) is 55.9 Å². The predicted octanol–water partition coefficient (Wildman–Crippen LogP) is 5.48. The van der Waals surface area contributed by atoms with Gasteiger partial charge in [-0.15, -0.1) is 0 Å². The van der Waals surface area contributed by atoms with Gasteiger partial charge in [-0.2, -0.15) is 5.26 Å². The summed E-state index contributed by atoms with van der Waals surface area (Å²) in [6.07, 6.45) is 0. The van der Waals surface area contributed by atoms with Crippen molar-refractivity contribution in [1.29, 1.82) is 5.26 Å². The minimum Gasteiger partial charge on any atom is -0.354 e. The third-order valence-electron chi connectivity index (χ3n) is 2.30. The first-order chi connectivity index (χ1) is 8.60. The number of anilines is 2. The zero-order chi connectivity index (χ0) is 13.1. The smallest absolute Gasteiger partial charge is 0.101 e. The van der Waals surface area contributed by atoms with Gasteiger partial charge >= 0.3 is 0 Å². The highest BCUT2D eigenvalue weighted by Crippen LogP contribution is 2.29. The summed E-state index contributed by atoms with van der Waals surface area (Å²) in [6, 6.07) is 13.1. The molecule has 0 unspecified atom stereocenters. The molecular weight excluding hydrogens is 379 g/mol. The van der Waals surface area contributed by atoms with E-state index in [4.69, 9.17) is 16.9 Å². The van der Waals surface area contributed by atoms with Gasteiger partial charge in [0.1, 0.15) is 6.07 Å². The van der Waals surface area contributed by atoms with Crippen molar-refractivity contribution in [1.82, 2.24) is 0 Å². The second kappa shape index (κ2) is 5.75. The van der Waals surface area contributed by atoms with E-state index in [-0.39, 0.29) is 0 Å². The normalized spacial score (nSPS) is 9.89. The summed E-state index contributed by atoms with van der Waals surface area (Å²) >= 11 is 12.7. The van der Waals surface area contributed by atoms with Crippen LogP contribution in [-0.4, -0.2) is 0 Å². The molecule has 0 saturated heterocycles. The van der Waals surface area contributed by atoms with Crippen LogP contribution in [0.1, 0.15) is 5.56 Å². The van der Waals surface area contributed by atoms with Crippen LogP contribution in [0, 0.1) is 11.3 Å². The molecule has 2 aromatic carbocycles. The molecule has 2 aromatic rings. The molecule has 0 amide bonds. The van der Waals surface area contributed by atoms with Crippen LogP contribution in [-0.2, 0) is 0 Å². The Labute approximate surface area is 127 Å². The minimum absolute atomic E-state index is 0.581. The van der Waals surface area contributed by atoms with E-state index in [1.165, 1.54) is 0 Å². The number of halogens is 3. The molecule has 0 spiro atoms. The summed E-state index contributed by atoms with van der Waals surface area (Å²) < 4.78 is 1.75. The lowest BCUT2D eigenvalue weighted by Gasteiger charge is -2.09. The Hall–Kier alpha value is -1.02. The highest BCUT2D eigenvalue weighted by molar-refractivity contribution is 9.10. The van der Waals surface area contributed by atoms with Crippen molar-refractivity contribution in [3.8, 4) is 6.07 Å². The number of nitrogens with one attached hydrogen (secondary N) is 1. The van der Waals surface area contributed by atoms with Crippen molar-refractivity contribution in [2.75, 3.05) is 5.32 Å². The van der Waals surface area contributed by atoms with Crippen LogP contribution < -0.4 is 5.32 Å². The van der Waals surface area contributed by atoms with Gasteiger partial charge in [0.05, 0.1) is 16.3 Å². The number of hydrogen-bond donors (Lipinski definition) is 1. The van der Waals surface area contributed by atoms with Gasteiger partial charge in [-0.25, -0.2) is 0 Å². The first kappa shape index (κ1) is 13.4. The molecular formula is C13H7Br2ClN2. The molecule has 5 heteroatoms. The van der Waals surface area contributed by atoms with Crippen LogP contribution in [0.4, 0.5) is 11.4 Å². The first-order valence-corrected chi connectivity index (χ1v) is 6.98. The van der Waals surface area contributed by atoms with Gasteiger partial charge in [-0.05, 0) is 52.3 Å². The number of rotatable bonds is 2. The van der Waals surface area contributed by atoms with Crippen molar-refractivity contribution in [2.24, 2.45) is 0 Å². The Morgan fingerprint density at radius 2 is 1.89 bits per heavy atom. The van der Waals surface area contributed by atoms with Crippen LogP contribution >= 0.6 is 43.5 Å². The van der Waals surface area contributed by atoms with Crippen LogP contribution in [0.3, 0.4) is 0 Å². The third kappa shape index (κ3) is 3.05. The Morgan fingerprint density at radius 1 is 1.11 bits per heavy atom. The Kier molecular flexibility index (Phi) is 4.28. The second-order valence-corrected chi connectivity index (χ2v) is 5.73. The monoisotopic (exact) mass is 384 g/mol. The standard InChI is InChI=1S/C13H7Br2ClN2/c14-9-2-1-8(7-17)13(5-9)18-10-3-4-11(15)12(16)6-10/h1-6,18H. The molecule has 0 aliphatic carbocycles. The molecule has 2 rings (SSSR count). The molecule has 0 saturated carbocycles. The molecule has 0 aromatic heterocycles. The molecule has 90 valence electrons.